The molecule has 0 radical (unpaired) electrons. The number of hydrogen-bond donors (Lipinski definition) is 0. The van der Waals surface area contributed by atoms with Crippen LogP contribution in [0.3, 0.4) is 0 Å². The average Bonchev–Trinajstić information content (AvgIpc) is 2.18. The van der Waals surface area contributed by atoms with E-state index in [4.69, 9.17) is 4.74 Å². The molecule has 0 amide bonds. The molecule has 0 fully saturated rings. The Bertz CT molecular complexity index is 581. The normalized spacial score (nSPS) is 19.4. The monoisotopic (exact) mass is 369 g/mol. The molecule has 7 heteroatoms. The molecule has 1 unspecified atom stereocenters. The van der Waals surface area contributed by atoms with Crippen molar-refractivity contribution >= 4 is 25.4 Å². The minimum atomic E-state index is -3.22. The Morgan fingerprint density at radius 2 is 1.48 bits per heavy atom. The molecule has 0 aliphatic rings. The molecule has 140 valence electrons. The first-order chi connectivity index (χ1) is 9.84. The summed E-state index contributed by atoms with van der Waals surface area (Å²) in [5.41, 5.74) is -0.516. The van der Waals surface area contributed by atoms with Crippen molar-refractivity contribution in [3.05, 3.63) is 0 Å². The molecule has 0 bridgehead atoms. The van der Waals surface area contributed by atoms with E-state index in [0.717, 1.165) is 0 Å². The number of rotatable bonds is 7. The molecule has 0 saturated heterocycles. The molecular formula is C16H35NO4S2. The second kappa shape index (κ2) is 7.42. The fraction of sp³-hybridized carbons (Fsp3) is 0.938. The SMILES string of the molecule is C=S(C)(=O)N(C[C@@H](CS(C)(=O)=O)O[C@H](C)C(C)(C)C)C(C)(C)C. The van der Waals surface area contributed by atoms with Gasteiger partial charge in [0.1, 0.15) is 9.84 Å². The molecule has 0 aromatic rings. The number of ether oxygens (including phenoxy) is 1. The fourth-order valence-electron chi connectivity index (χ4n) is 2.16. The molecule has 0 aromatic carbocycles. The van der Waals surface area contributed by atoms with Crippen molar-refractivity contribution in [2.45, 2.75) is 66.2 Å². The van der Waals surface area contributed by atoms with Crippen LogP contribution in [0.1, 0.15) is 48.5 Å². The van der Waals surface area contributed by atoms with Gasteiger partial charge < -0.3 is 4.74 Å². The number of hydrogen-bond acceptors (Lipinski definition) is 4. The quantitative estimate of drug-likeness (QED) is 0.646. The van der Waals surface area contributed by atoms with Crippen LogP contribution in [0.4, 0.5) is 0 Å². The smallest absolute Gasteiger partial charge is 0.150 e. The lowest BCUT2D eigenvalue weighted by Crippen LogP contribution is -2.51. The fourth-order valence-corrected chi connectivity index (χ4v) is 4.66. The highest BCUT2D eigenvalue weighted by atomic mass is 32.2. The summed E-state index contributed by atoms with van der Waals surface area (Å²) in [5.74, 6) is 3.66. The summed E-state index contributed by atoms with van der Waals surface area (Å²) in [6.45, 7) is 14.1. The van der Waals surface area contributed by atoms with Gasteiger partial charge in [-0.3, -0.25) is 4.21 Å². The highest BCUT2D eigenvalue weighted by Crippen LogP contribution is 2.25. The van der Waals surface area contributed by atoms with Crippen LogP contribution < -0.4 is 0 Å². The van der Waals surface area contributed by atoms with Crippen molar-refractivity contribution in [2.24, 2.45) is 5.41 Å². The summed E-state index contributed by atoms with van der Waals surface area (Å²) >= 11 is 0. The largest absolute Gasteiger partial charge is 0.372 e. The van der Waals surface area contributed by atoms with E-state index in [9.17, 15) is 12.6 Å². The third-order valence-electron chi connectivity index (χ3n) is 3.69. The Balaban J connectivity index is 5.52. The van der Waals surface area contributed by atoms with Gasteiger partial charge in [-0.25, -0.2) is 12.7 Å². The van der Waals surface area contributed by atoms with Crippen molar-refractivity contribution in [2.75, 3.05) is 24.8 Å². The zero-order chi connectivity index (χ0) is 18.9. The van der Waals surface area contributed by atoms with Crippen molar-refractivity contribution in [1.82, 2.24) is 4.31 Å². The van der Waals surface area contributed by atoms with Crippen molar-refractivity contribution in [1.29, 1.82) is 0 Å². The van der Waals surface area contributed by atoms with Crippen LogP contribution in [0.5, 0.6) is 0 Å². The van der Waals surface area contributed by atoms with Gasteiger partial charge >= 0.3 is 0 Å². The van der Waals surface area contributed by atoms with E-state index < -0.39 is 31.2 Å². The highest BCUT2D eigenvalue weighted by Gasteiger charge is 2.33. The van der Waals surface area contributed by atoms with E-state index in [0.29, 0.717) is 0 Å². The van der Waals surface area contributed by atoms with Crippen molar-refractivity contribution in [3.63, 3.8) is 0 Å². The molecule has 0 rings (SSSR count). The van der Waals surface area contributed by atoms with Gasteiger partial charge in [0.05, 0.1) is 18.0 Å². The van der Waals surface area contributed by atoms with Crippen LogP contribution in [0.25, 0.3) is 0 Å². The second-order valence-corrected chi connectivity index (χ2v) is 13.1. The van der Waals surface area contributed by atoms with Gasteiger partial charge in [0.2, 0.25) is 0 Å². The molecule has 0 aromatic heterocycles. The third-order valence-corrected chi connectivity index (χ3v) is 6.30. The number of nitrogens with zero attached hydrogens (tertiary/aromatic N) is 1. The van der Waals surface area contributed by atoms with Gasteiger partial charge in [0, 0.05) is 34.3 Å². The molecule has 0 heterocycles. The van der Waals surface area contributed by atoms with E-state index >= 15 is 0 Å². The number of sulfone groups is 1. The zero-order valence-electron chi connectivity index (χ0n) is 16.2. The Hall–Kier alpha value is -0.110. The van der Waals surface area contributed by atoms with E-state index in [1.54, 1.807) is 10.6 Å². The molecule has 0 spiro atoms. The predicted molar refractivity (Wildman–Crippen MR) is 101 cm³/mol. The van der Waals surface area contributed by atoms with Gasteiger partial charge in [-0.05, 0) is 39.0 Å². The summed E-state index contributed by atoms with van der Waals surface area (Å²) in [4.78, 5) is 0. The first kappa shape index (κ1) is 22.9. The molecular weight excluding hydrogens is 334 g/mol. The van der Waals surface area contributed by atoms with Gasteiger partial charge in [-0.1, -0.05) is 20.8 Å². The summed E-state index contributed by atoms with van der Waals surface area (Å²) in [6, 6.07) is 0. The lowest BCUT2D eigenvalue weighted by atomic mass is 9.90. The molecule has 0 aliphatic heterocycles. The van der Waals surface area contributed by atoms with Gasteiger partial charge in [0.15, 0.2) is 0 Å². The Morgan fingerprint density at radius 3 is 1.74 bits per heavy atom. The maximum Gasteiger partial charge on any atom is 0.150 e. The molecule has 5 nitrogen and oxygen atoms in total. The first-order valence-electron chi connectivity index (χ1n) is 7.77. The van der Waals surface area contributed by atoms with E-state index in [2.05, 4.69) is 5.87 Å². The maximum atomic E-state index is 12.5. The Labute approximate surface area is 143 Å². The molecule has 0 aliphatic carbocycles. The van der Waals surface area contributed by atoms with Gasteiger partial charge in [-0.2, -0.15) is 0 Å². The minimum absolute atomic E-state index is 0.102. The highest BCUT2D eigenvalue weighted by molar-refractivity contribution is 7.97. The van der Waals surface area contributed by atoms with Crippen LogP contribution in [-0.4, -0.2) is 65.4 Å². The molecule has 23 heavy (non-hydrogen) atoms. The summed E-state index contributed by atoms with van der Waals surface area (Å²) in [6.07, 6.45) is 2.08. The molecule has 3 atom stereocenters. The standard InChI is InChI=1S/C16H35NO4S2/c1-13(15(2,3)4)21-14(12-23(10,19)20)11-17(16(5,6)7)22(8,9)18/h13-14H,8,11-12H2,1-7,9-10H3/t13-,14+,22?/m1/s1. The van der Waals surface area contributed by atoms with Crippen LogP contribution in [0, 0.1) is 5.41 Å². The average molecular weight is 370 g/mol. The summed E-state index contributed by atoms with van der Waals surface area (Å²) in [7, 11) is -5.70. The van der Waals surface area contributed by atoms with Gasteiger partial charge in [-0.15, -0.1) is 0 Å². The van der Waals surface area contributed by atoms with Crippen LogP contribution in [-0.2, 0) is 24.3 Å². The topological polar surface area (TPSA) is 63.7 Å². The van der Waals surface area contributed by atoms with E-state index in [-0.39, 0.29) is 23.8 Å². The third kappa shape index (κ3) is 9.08. The maximum absolute atomic E-state index is 12.5. The molecule has 0 N–H and O–H groups in total. The van der Waals surface area contributed by atoms with Crippen LogP contribution in [0.15, 0.2) is 0 Å². The van der Waals surface area contributed by atoms with Crippen molar-refractivity contribution in [3.8, 4) is 0 Å². The van der Waals surface area contributed by atoms with E-state index in [1.165, 1.54) is 6.26 Å². The molecule has 0 saturated carbocycles. The summed E-state index contributed by atoms with van der Waals surface area (Å²) in [5, 5.41) is 0. The van der Waals surface area contributed by atoms with E-state index in [1.807, 2.05) is 48.5 Å². The Kier molecular flexibility index (Phi) is 7.38. The van der Waals surface area contributed by atoms with Crippen molar-refractivity contribution < 1.29 is 17.4 Å². The summed E-state index contributed by atoms with van der Waals surface area (Å²) < 4.78 is 43.8. The minimum Gasteiger partial charge on any atom is -0.372 e. The van der Waals surface area contributed by atoms with Crippen LogP contribution in [0.2, 0.25) is 0 Å². The predicted octanol–water partition coefficient (Wildman–Crippen LogP) is 2.21. The van der Waals surface area contributed by atoms with Crippen LogP contribution >= 0.6 is 0 Å². The lowest BCUT2D eigenvalue weighted by molar-refractivity contribution is -0.0551. The Morgan fingerprint density at radius 1 is 1.04 bits per heavy atom. The second-order valence-electron chi connectivity index (χ2n) is 8.55. The lowest BCUT2D eigenvalue weighted by Gasteiger charge is -2.40. The van der Waals surface area contributed by atoms with Gasteiger partial charge in [0.25, 0.3) is 0 Å². The first-order valence-corrected chi connectivity index (χ1v) is 11.9. The zero-order valence-corrected chi connectivity index (χ0v) is 17.8.